The van der Waals surface area contributed by atoms with Crippen LogP contribution in [0.1, 0.15) is 0 Å². The van der Waals surface area contributed by atoms with Crippen LogP contribution in [0.4, 0.5) is 5.69 Å². The van der Waals surface area contributed by atoms with Crippen LogP contribution in [0, 0.1) is 0 Å². The average molecular weight is 350 g/mol. The third kappa shape index (κ3) is 3.61. The third-order valence-corrected chi connectivity index (χ3v) is 4.71. The zero-order valence-electron chi connectivity index (χ0n) is 15.6. The first kappa shape index (κ1) is 17.0. The maximum absolute atomic E-state index is 5.04. The lowest BCUT2D eigenvalue weighted by molar-refractivity contribution is 1.13. The summed E-state index contributed by atoms with van der Waals surface area (Å²) in [5.74, 6) is 0. The van der Waals surface area contributed by atoms with Crippen molar-refractivity contribution in [1.29, 1.82) is 0 Å². The van der Waals surface area contributed by atoms with Gasteiger partial charge in [0.05, 0.1) is 11.4 Å². The predicted octanol–water partition coefficient (Wildman–Crippen LogP) is 6.15. The molecule has 0 aliphatic heterocycles. The molecule has 0 saturated carbocycles. The Bertz CT molecular complexity index is 1020. The summed E-state index contributed by atoms with van der Waals surface area (Å²) in [5, 5.41) is 0. The van der Waals surface area contributed by atoms with Gasteiger partial charge in [0.15, 0.2) is 0 Å². The molecule has 3 aromatic carbocycles. The standard InChI is InChI=1S/C25H22N2/c1-27(2)22-15-13-19(14-16-22)23-17-18-24(20-9-5-3-6-10-20)26-25(23)21-11-7-4-8-12-21/h3-18H,1-2H3. The first-order chi connectivity index (χ1) is 13.2. The number of benzene rings is 3. The highest BCUT2D eigenvalue weighted by atomic mass is 15.1. The van der Waals surface area contributed by atoms with E-state index in [9.17, 15) is 0 Å². The van der Waals surface area contributed by atoms with Gasteiger partial charge in [-0.25, -0.2) is 4.98 Å². The molecule has 0 unspecified atom stereocenters. The summed E-state index contributed by atoms with van der Waals surface area (Å²) in [6.45, 7) is 0. The number of rotatable bonds is 4. The minimum atomic E-state index is 0.989. The zero-order valence-corrected chi connectivity index (χ0v) is 15.6. The molecule has 2 heteroatoms. The van der Waals surface area contributed by atoms with Crippen LogP contribution in [0.15, 0.2) is 97.1 Å². The number of hydrogen-bond acceptors (Lipinski definition) is 2. The Morgan fingerprint density at radius 3 is 1.74 bits per heavy atom. The minimum absolute atomic E-state index is 0.989. The summed E-state index contributed by atoms with van der Waals surface area (Å²) in [4.78, 5) is 7.15. The molecule has 0 aliphatic carbocycles. The van der Waals surface area contributed by atoms with Gasteiger partial charge >= 0.3 is 0 Å². The molecular weight excluding hydrogens is 328 g/mol. The Kier molecular flexibility index (Phi) is 4.71. The molecule has 0 radical (unpaired) electrons. The molecule has 0 N–H and O–H groups in total. The second-order valence-electron chi connectivity index (χ2n) is 6.77. The number of aromatic nitrogens is 1. The molecule has 0 spiro atoms. The van der Waals surface area contributed by atoms with Crippen LogP contribution in [0.3, 0.4) is 0 Å². The van der Waals surface area contributed by atoms with Crippen LogP contribution in [0.2, 0.25) is 0 Å². The topological polar surface area (TPSA) is 16.1 Å². The van der Waals surface area contributed by atoms with Crippen LogP contribution >= 0.6 is 0 Å². The Labute approximate surface area is 160 Å². The smallest absolute Gasteiger partial charge is 0.0787 e. The van der Waals surface area contributed by atoms with Gasteiger partial charge in [0.25, 0.3) is 0 Å². The highest BCUT2D eigenvalue weighted by Crippen LogP contribution is 2.33. The highest BCUT2D eigenvalue weighted by molar-refractivity contribution is 5.83. The second-order valence-corrected chi connectivity index (χ2v) is 6.77. The monoisotopic (exact) mass is 350 g/mol. The summed E-state index contributed by atoms with van der Waals surface area (Å²) in [7, 11) is 4.11. The summed E-state index contributed by atoms with van der Waals surface area (Å²) < 4.78 is 0. The zero-order chi connectivity index (χ0) is 18.6. The molecule has 132 valence electrons. The molecule has 4 rings (SSSR count). The van der Waals surface area contributed by atoms with Crippen LogP contribution in [-0.4, -0.2) is 19.1 Å². The van der Waals surface area contributed by atoms with E-state index in [0.29, 0.717) is 0 Å². The highest BCUT2D eigenvalue weighted by Gasteiger charge is 2.11. The molecule has 0 fully saturated rings. The van der Waals surface area contributed by atoms with Crippen LogP contribution in [0.25, 0.3) is 33.6 Å². The van der Waals surface area contributed by atoms with Gasteiger partial charge < -0.3 is 4.90 Å². The average Bonchev–Trinajstić information content (AvgIpc) is 2.75. The third-order valence-electron chi connectivity index (χ3n) is 4.71. The molecule has 0 atom stereocenters. The fourth-order valence-electron chi connectivity index (χ4n) is 3.22. The molecule has 1 heterocycles. The van der Waals surface area contributed by atoms with Crippen molar-refractivity contribution in [2.75, 3.05) is 19.0 Å². The molecule has 4 aromatic rings. The predicted molar refractivity (Wildman–Crippen MR) is 115 cm³/mol. The summed E-state index contributed by atoms with van der Waals surface area (Å²) >= 11 is 0. The fraction of sp³-hybridized carbons (Fsp3) is 0.0800. The van der Waals surface area contributed by atoms with Gasteiger partial charge in [0.1, 0.15) is 0 Å². The maximum Gasteiger partial charge on any atom is 0.0787 e. The molecule has 27 heavy (non-hydrogen) atoms. The van der Waals surface area contributed by atoms with Crippen molar-refractivity contribution in [2.45, 2.75) is 0 Å². The van der Waals surface area contributed by atoms with E-state index in [1.807, 2.05) is 24.3 Å². The Morgan fingerprint density at radius 1 is 0.556 bits per heavy atom. The van der Waals surface area contributed by atoms with E-state index in [4.69, 9.17) is 4.98 Å². The van der Waals surface area contributed by atoms with Crippen LogP contribution in [0.5, 0.6) is 0 Å². The van der Waals surface area contributed by atoms with Crippen molar-refractivity contribution in [1.82, 2.24) is 4.98 Å². The molecular formula is C25H22N2. The molecule has 0 saturated heterocycles. The van der Waals surface area contributed by atoms with E-state index in [-0.39, 0.29) is 0 Å². The van der Waals surface area contributed by atoms with Gasteiger partial charge in [-0.2, -0.15) is 0 Å². The second kappa shape index (κ2) is 7.46. The van der Waals surface area contributed by atoms with E-state index in [1.165, 1.54) is 11.3 Å². The van der Waals surface area contributed by atoms with E-state index in [2.05, 4.69) is 91.8 Å². The summed E-state index contributed by atoms with van der Waals surface area (Å²) in [6, 6.07) is 33.6. The van der Waals surface area contributed by atoms with Crippen molar-refractivity contribution < 1.29 is 0 Å². The lowest BCUT2D eigenvalue weighted by atomic mass is 9.97. The summed E-state index contributed by atoms with van der Waals surface area (Å²) in [6.07, 6.45) is 0. The number of pyridine rings is 1. The molecule has 1 aromatic heterocycles. The van der Waals surface area contributed by atoms with E-state index >= 15 is 0 Å². The normalized spacial score (nSPS) is 10.6. The quantitative estimate of drug-likeness (QED) is 0.439. The SMILES string of the molecule is CN(C)c1ccc(-c2ccc(-c3ccccc3)nc2-c2ccccc2)cc1. The van der Waals surface area contributed by atoms with Crippen molar-refractivity contribution in [3.8, 4) is 33.6 Å². The van der Waals surface area contributed by atoms with Gasteiger partial charge in [0, 0.05) is 36.5 Å². The fourth-order valence-corrected chi connectivity index (χ4v) is 3.22. The Hall–Kier alpha value is -3.39. The van der Waals surface area contributed by atoms with Gasteiger partial charge in [-0.3, -0.25) is 0 Å². The van der Waals surface area contributed by atoms with Gasteiger partial charge in [-0.05, 0) is 23.8 Å². The minimum Gasteiger partial charge on any atom is -0.378 e. The largest absolute Gasteiger partial charge is 0.378 e. The molecule has 0 amide bonds. The van der Waals surface area contributed by atoms with Crippen molar-refractivity contribution >= 4 is 5.69 Å². The summed E-state index contributed by atoms with van der Waals surface area (Å²) in [5.41, 5.74) is 7.76. The molecule has 0 bridgehead atoms. The van der Waals surface area contributed by atoms with Gasteiger partial charge in [-0.15, -0.1) is 0 Å². The van der Waals surface area contributed by atoms with Gasteiger partial charge in [-0.1, -0.05) is 78.9 Å². The van der Waals surface area contributed by atoms with Crippen LogP contribution < -0.4 is 4.90 Å². The lowest BCUT2D eigenvalue weighted by Crippen LogP contribution is -2.07. The Balaban J connectivity index is 1.86. The Morgan fingerprint density at radius 2 is 1.15 bits per heavy atom. The number of anilines is 1. The first-order valence-electron chi connectivity index (χ1n) is 9.12. The van der Waals surface area contributed by atoms with Crippen molar-refractivity contribution in [3.05, 3.63) is 97.1 Å². The lowest BCUT2D eigenvalue weighted by Gasteiger charge is -2.15. The van der Waals surface area contributed by atoms with E-state index < -0.39 is 0 Å². The number of nitrogens with zero attached hydrogens (tertiary/aromatic N) is 2. The number of hydrogen-bond donors (Lipinski definition) is 0. The maximum atomic E-state index is 5.04. The first-order valence-corrected chi connectivity index (χ1v) is 9.12. The van der Waals surface area contributed by atoms with Gasteiger partial charge in [0.2, 0.25) is 0 Å². The molecule has 2 nitrogen and oxygen atoms in total. The van der Waals surface area contributed by atoms with Crippen LogP contribution in [-0.2, 0) is 0 Å². The van der Waals surface area contributed by atoms with E-state index in [0.717, 1.165) is 28.1 Å². The van der Waals surface area contributed by atoms with Crippen molar-refractivity contribution in [3.63, 3.8) is 0 Å². The van der Waals surface area contributed by atoms with Crippen molar-refractivity contribution in [2.24, 2.45) is 0 Å². The molecule has 0 aliphatic rings. The van der Waals surface area contributed by atoms with E-state index in [1.54, 1.807) is 0 Å².